The van der Waals surface area contributed by atoms with Gasteiger partial charge in [0, 0.05) is 6.04 Å². The number of phenolic OH excluding ortho intramolecular Hbond substituents is 1. The Bertz CT molecular complexity index is 338. The second-order valence-corrected chi connectivity index (χ2v) is 4.19. The van der Waals surface area contributed by atoms with Crippen molar-refractivity contribution in [3.8, 4) is 5.75 Å². The first-order valence-electron chi connectivity index (χ1n) is 4.44. The molecule has 0 saturated carbocycles. The summed E-state index contributed by atoms with van der Waals surface area (Å²) >= 11 is 3.42. The van der Waals surface area contributed by atoms with Gasteiger partial charge in [-0.1, -0.05) is 6.07 Å². The molecule has 2 nitrogen and oxygen atoms in total. The van der Waals surface area contributed by atoms with Crippen LogP contribution in [0, 0.1) is 0 Å². The van der Waals surface area contributed by atoms with Gasteiger partial charge < -0.3 is 10.4 Å². The average Bonchev–Trinajstić information content (AvgIpc) is 2.12. The molecule has 0 spiro atoms. The van der Waals surface area contributed by atoms with Crippen molar-refractivity contribution >= 4 is 15.9 Å². The van der Waals surface area contributed by atoms with Crippen LogP contribution >= 0.6 is 15.9 Å². The lowest BCUT2D eigenvalue weighted by Crippen LogP contribution is -2.27. The van der Waals surface area contributed by atoms with Crippen molar-refractivity contribution in [1.82, 2.24) is 5.32 Å². The molecule has 0 aromatic heterocycles. The Morgan fingerprint density at radius 3 is 3.08 bits per heavy atom. The fraction of sp³-hybridized carbons (Fsp3) is 0.400. The number of rotatable bonds is 0. The second-order valence-electron chi connectivity index (χ2n) is 3.39. The van der Waals surface area contributed by atoms with Gasteiger partial charge in [0.1, 0.15) is 5.75 Å². The van der Waals surface area contributed by atoms with Crippen LogP contribution in [0.15, 0.2) is 16.6 Å². The minimum Gasteiger partial charge on any atom is -0.507 e. The predicted molar refractivity (Wildman–Crippen MR) is 55.9 cm³/mol. The van der Waals surface area contributed by atoms with E-state index in [0.717, 1.165) is 17.4 Å². The molecule has 1 aromatic carbocycles. The third-order valence-electron chi connectivity index (χ3n) is 2.55. The lowest BCUT2D eigenvalue weighted by Gasteiger charge is -2.25. The normalized spacial score (nSPS) is 21.2. The smallest absolute Gasteiger partial charge is 0.130 e. The van der Waals surface area contributed by atoms with Crippen LogP contribution in [0.25, 0.3) is 0 Å². The molecule has 70 valence electrons. The summed E-state index contributed by atoms with van der Waals surface area (Å²) in [4.78, 5) is 0. The molecule has 0 aliphatic carbocycles. The van der Waals surface area contributed by atoms with Crippen molar-refractivity contribution in [3.63, 3.8) is 0 Å². The van der Waals surface area contributed by atoms with Gasteiger partial charge in [-0.3, -0.25) is 0 Å². The zero-order chi connectivity index (χ0) is 9.42. The number of hydrogen-bond acceptors (Lipinski definition) is 2. The third-order valence-corrected chi connectivity index (χ3v) is 3.44. The summed E-state index contributed by atoms with van der Waals surface area (Å²) in [5.74, 6) is 0.341. The molecule has 13 heavy (non-hydrogen) atoms. The van der Waals surface area contributed by atoms with Gasteiger partial charge in [0.25, 0.3) is 0 Å². The van der Waals surface area contributed by atoms with Crippen LogP contribution in [0.2, 0.25) is 0 Å². The van der Waals surface area contributed by atoms with Gasteiger partial charge in [0.2, 0.25) is 0 Å². The van der Waals surface area contributed by atoms with E-state index in [4.69, 9.17) is 0 Å². The SMILES string of the molecule is CC1NCCc2c1ccc(O)c2Br. The lowest BCUT2D eigenvalue weighted by atomic mass is 9.95. The highest BCUT2D eigenvalue weighted by molar-refractivity contribution is 9.10. The standard InChI is InChI=1S/C10H12BrNO/c1-6-7-2-3-9(13)10(11)8(7)4-5-12-6/h2-3,6,12-13H,4-5H2,1H3. The molecular weight excluding hydrogens is 230 g/mol. The second kappa shape index (κ2) is 3.31. The molecule has 1 atom stereocenters. The molecule has 3 heteroatoms. The number of aromatic hydroxyl groups is 1. The van der Waals surface area contributed by atoms with Gasteiger partial charge in [0.15, 0.2) is 0 Å². The average molecular weight is 242 g/mol. The molecular formula is C10H12BrNO. The highest BCUT2D eigenvalue weighted by atomic mass is 79.9. The predicted octanol–water partition coefficient (Wildman–Crippen LogP) is 2.36. The Morgan fingerprint density at radius 2 is 2.31 bits per heavy atom. The van der Waals surface area contributed by atoms with E-state index < -0.39 is 0 Å². The summed E-state index contributed by atoms with van der Waals surface area (Å²) in [5, 5.41) is 12.9. The van der Waals surface area contributed by atoms with Crippen molar-refractivity contribution in [2.75, 3.05) is 6.54 Å². The maximum Gasteiger partial charge on any atom is 0.130 e. The number of hydrogen-bond donors (Lipinski definition) is 2. The van der Waals surface area contributed by atoms with E-state index in [2.05, 4.69) is 28.2 Å². The van der Waals surface area contributed by atoms with Gasteiger partial charge in [-0.15, -0.1) is 0 Å². The number of fused-ring (bicyclic) bond motifs is 1. The number of benzene rings is 1. The minimum absolute atomic E-state index is 0.341. The summed E-state index contributed by atoms with van der Waals surface area (Å²) in [5.41, 5.74) is 2.53. The van der Waals surface area contributed by atoms with Gasteiger partial charge in [-0.05, 0) is 53.0 Å². The first kappa shape index (κ1) is 9.03. The van der Waals surface area contributed by atoms with E-state index in [-0.39, 0.29) is 0 Å². The van der Waals surface area contributed by atoms with Crippen LogP contribution in [-0.4, -0.2) is 11.7 Å². The molecule has 0 amide bonds. The van der Waals surface area contributed by atoms with Crippen molar-refractivity contribution in [2.24, 2.45) is 0 Å². The fourth-order valence-corrected chi connectivity index (χ4v) is 2.37. The fourth-order valence-electron chi connectivity index (χ4n) is 1.81. The largest absolute Gasteiger partial charge is 0.507 e. The van der Waals surface area contributed by atoms with E-state index in [1.54, 1.807) is 6.07 Å². The summed E-state index contributed by atoms with van der Waals surface area (Å²) in [7, 11) is 0. The summed E-state index contributed by atoms with van der Waals surface area (Å²) < 4.78 is 0.860. The first-order valence-corrected chi connectivity index (χ1v) is 5.23. The van der Waals surface area contributed by atoms with Crippen molar-refractivity contribution in [1.29, 1.82) is 0 Å². The van der Waals surface area contributed by atoms with E-state index in [0.29, 0.717) is 11.8 Å². The molecule has 1 aliphatic rings. The highest BCUT2D eigenvalue weighted by Crippen LogP contribution is 2.34. The van der Waals surface area contributed by atoms with Crippen LogP contribution in [0.3, 0.4) is 0 Å². The number of halogens is 1. The van der Waals surface area contributed by atoms with Gasteiger partial charge in [-0.2, -0.15) is 0 Å². The minimum atomic E-state index is 0.341. The first-order chi connectivity index (χ1) is 6.20. The zero-order valence-corrected chi connectivity index (χ0v) is 9.06. The van der Waals surface area contributed by atoms with E-state index >= 15 is 0 Å². The van der Waals surface area contributed by atoms with E-state index in [9.17, 15) is 5.11 Å². The molecule has 2 rings (SSSR count). The van der Waals surface area contributed by atoms with Crippen molar-refractivity contribution in [3.05, 3.63) is 27.7 Å². The molecule has 0 bridgehead atoms. The Balaban J connectivity index is 2.56. The van der Waals surface area contributed by atoms with Crippen molar-refractivity contribution in [2.45, 2.75) is 19.4 Å². The van der Waals surface area contributed by atoms with E-state index in [1.165, 1.54) is 11.1 Å². The molecule has 0 saturated heterocycles. The Kier molecular flexibility index (Phi) is 2.30. The summed E-state index contributed by atoms with van der Waals surface area (Å²) in [6.45, 7) is 3.12. The number of nitrogens with one attached hydrogen (secondary N) is 1. The molecule has 0 radical (unpaired) electrons. The summed E-state index contributed by atoms with van der Waals surface area (Å²) in [6.07, 6.45) is 0.981. The Morgan fingerprint density at radius 1 is 1.54 bits per heavy atom. The molecule has 1 aromatic rings. The molecule has 2 N–H and O–H groups in total. The van der Waals surface area contributed by atoms with E-state index in [1.807, 2.05) is 6.07 Å². The Hall–Kier alpha value is -0.540. The summed E-state index contributed by atoms with van der Waals surface area (Å²) in [6, 6.07) is 4.12. The van der Waals surface area contributed by atoms with Crippen LogP contribution < -0.4 is 5.32 Å². The van der Waals surface area contributed by atoms with Crippen molar-refractivity contribution < 1.29 is 5.11 Å². The molecule has 0 fully saturated rings. The number of phenols is 1. The Labute approximate surface area is 86.1 Å². The molecule has 1 heterocycles. The molecule has 1 aliphatic heterocycles. The van der Waals surface area contributed by atoms with Crippen LogP contribution in [0.4, 0.5) is 0 Å². The monoisotopic (exact) mass is 241 g/mol. The van der Waals surface area contributed by atoms with Gasteiger partial charge >= 0.3 is 0 Å². The van der Waals surface area contributed by atoms with Gasteiger partial charge in [0.05, 0.1) is 4.47 Å². The quantitative estimate of drug-likeness (QED) is 0.731. The highest BCUT2D eigenvalue weighted by Gasteiger charge is 2.18. The molecule has 1 unspecified atom stereocenters. The third kappa shape index (κ3) is 1.46. The lowest BCUT2D eigenvalue weighted by molar-refractivity contribution is 0.466. The van der Waals surface area contributed by atoms with Crippen LogP contribution in [0.1, 0.15) is 24.1 Å². The van der Waals surface area contributed by atoms with Crippen LogP contribution in [0.5, 0.6) is 5.75 Å². The zero-order valence-electron chi connectivity index (χ0n) is 7.47. The van der Waals surface area contributed by atoms with Gasteiger partial charge in [-0.25, -0.2) is 0 Å². The van der Waals surface area contributed by atoms with Crippen LogP contribution in [-0.2, 0) is 6.42 Å². The maximum atomic E-state index is 9.49. The maximum absolute atomic E-state index is 9.49. The topological polar surface area (TPSA) is 32.3 Å².